The van der Waals surface area contributed by atoms with Crippen LogP contribution < -0.4 is 10.1 Å². The van der Waals surface area contributed by atoms with Gasteiger partial charge in [-0.15, -0.1) is 0 Å². The van der Waals surface area contributed by atoms with Crippen molar-refractivity contribution in [3.63, 3.8) is 0 Å². The van der Waals surface area contributed by atoms with Crippen LogP contribution in [0, 0.1) is 5.92 Å². The number of rotatable bonds is 7. The van der Waals surface area contributed by atoms with E-state index in [1.807, 2.05) is 12.1 Å². The van der Waals surface area contributed by atoms with E-state index in [1.165, 1.54) is 44.1 Å². The lowest BCUT2D eigenvalue weighted by molar-refractivity contribution is 0.279. The molecular weight excluding hydrogens is 246 g/mol. The van der Waals surface area contributed by atoms with E-state index in [9.17, 15) is 0 Å². The molecule has 112 valence electrons. The summed E-state index contributed by atoms with van der Waals surface area (Å²) >= 11 is 0. The molecule has 1 aromatic rings. The van der Waals surface area contributed by atoms with Gasteiger partial charge in [-0.1, -0.05) is 38.0 Å². The summed E-state index contributed by atoms with van der Waals surface area (Å²) in [6, 6.07) is 9.07. The van der Waals surface area contributed by atoms with E-state index in [1.54, 1.807) is 7.11 Å². The first-order valence-electron chi connectivity index (χ1n) is 8.18. The maximum Gasteiger partial charge on any atom is 0.122 e. The van der Waals surface area contributed by atoms with Gasteiger partial charge in [-0.3, -0.25) is 0 Å². The molecule has 20 heavy (non-hydrogen) atoms. The Kier molecular flexibility index (Phi) is 6.38. The van der Waals surface area contributed by atoms with Crippen LogP contribution in [0.15, 0.2) is 24.3 Å². The fourth-order valence-corrected chi connectivity index (χ4v) is 3.38. The van der Waals surface area contributed by atoms with Crippen LogP contribution >= 0.6 is 0 Å². The highest BCUT2D eigenvalue weighted by Crippen LogP contribution is 2.27. The van der Waals surface area contributed by atoms with Gasteiger partial charge in [-0.05, 0) is 56.2 Å². The molecule has 0 heterocycles. The molecule has 0 aliphatic heterocycles. The summed E-state index contributed by atoms with van der Waals surface area (Å²) in [4.78, 5) is 0. The summed E-state index contributed by atoms with van der Waals surface area (Å²) in [6.45, 7) is 3.36. The Bertz CT molecular complexity index is 383. The molecule has 0 atom stereocenters. The van der Waals surface area contributed by atoms with Crippen molar-refractivity contribution in [1.29, 1.82) is 0 Å². The third kappa shape index (κ3) is 4.52. The first kappa shape index (κ1) is 15.4. The van der Waals surface area contributed by atoms with E-state index >= 15 is 0 Å². The maximum absolute atomic E-state index is 5.40. The van der Waals surface area contributed by atoms with E-state index in [0.29, 0.717) is 0 Å². The van der Waals surface area contributed by atoms with E-state index in [-0.39, 0.29) is 0 Å². The number of benzene rings is 1. The minimum absolute atomic E-state index is 0.734. The van der Waals surface area contributed by atoms with Gasteiger partial charge >= 0.3 is 0 Å². The molecule has 0 spiro atoms. The predicted octanol–water partition coefficient (Wildman–Crippen LogP) is 4.19. The van der Waals surface area contributed by atoms with E-state index < -0.39 is 0 Å². The minimum atomic E-state index is 0.734. The molecule has 0 saturated heterocycles. The van der Waals surface area contributed by atoms with Crippen LogP contribution in [0.3, 0.4) is 0 Å². The predicted molar refractivity (Wildman–Crippen MR) is 85.4 cm³/mol. The molecule has 2 heteroatoms. The fraction of sp³-hybridized carbons (Fsp3) is 0.667. The Hall–Kier alpha value is -1.02. The Morgan fingerprint density at radius 3 is 2.60 bits per heavy atom. The van der Waals surface area contributed by atoms with E-state index in [4.69, 9.17) is 4.74 Å². The molecule has 1 N–H and O–H groups in total. The SMILES string of the molecule is CCCC1CCC(NCCc2ccccc2OC)CC1. The van der Waals surface area contributed by atoms with Gasteiger partial charge in [0.2, 0.25) is 0 Å². The average Bonchev–Trinajstić information content (AvgIpc) is 2.50. The van der Waals surface area contributed by atoms with Crippen LogP contribution in [-0.4, -0.2) is 19.7 Å². The van der Waals surface area contributed by atoms with Gasteiger partial charge < -0.3 is 10.1 Å². The third-order valence-corrected chi connectivity index (χ3v) is 4.56. The molecule has 1 aromatic carbocycles. The summed E-state index contributed by atoms with van der Waals surface area (Å²) in [7, 11) is 1.75. The molecule has 1 saturated carbocycles. The van der Waals surface area contributed by atoms with Crippen LogP contribution in [-0.2, 0) is 6.42 Å². The highest BCUT2D eigenvalue weighted by molar-refractivity contribution is 5.33. The molecule has 0 unspecified atom stereocenters. The molecule has 2 nitrogen and oxygen atoms in total. The average molecular weight is 275 g/mol. The number of methoxy groups -OCH3 is 1. The molecule has 1 fully saturated rings. The zero-order chi connectivity index (χ0) is 14.2. The van der Waals surface area contributed by atoms with Gasteiger partial charge in [0.05, 0.1) is 7.11 Å². The molecule has 2 rings (SSSR count). The Balaban J connectivity index is 1.69. The monoisotopic (exact) mass is 275 g/mol. The van der Waals surface area contributed by atoms with Crippen LogP contribution in [0.25, 0.3) is 0 Å². The van der Waals surface area contributed by atoms with Crippen molar-refractivity contribution in [2.45, 2.75) is 57.9 Å². The fourth-order valence-electron chi connectivity index (χ4n) is 3.38. The number of para-hydroxylation sites is 1. The summed E-state index contributed by atoms with van der Waals surface area (Å²) in [5, 5.41) is 3.73. The van der Waals surface area contributed by atoms with Crippen molar-refractivity contribution >= 4 is 0 Å². The van der Waals surface area contributed by atoms with Gasteiger partial charge in [-0.25, -0.2) is 0 Å². The normalized spacial score (nSPS) is 22.7. The van der Waals surface area contributed by atoms with Gasteiger partial charge in [0, 0.05) is 6.04 Å². The van der Waals surface area contributed by atoms with Crippen molar-refractivity contribution in [2.75, 3.05) is 13.7 Å². The lowest BCUT2D eigenvalue weighted by Gasteiger charge is -2.29. The summed E-state index contributed by atoms with van der Waals surface area (Å²) in [6.07, 6.45) is 9.37. The van der Waals surface area contributed by atoms with Crippen LogP contribution in [0.2, 0.25) is 0 Å². The molecule has 0 radical (unpaired) electrons. The van der Waals surface area contributed by atoms with Crippen molar-refractivity contribution < 1.29 is 4.74 Å². The second-order valence-electron chi connectivity index (χ2n) is 6.02. The standard InChI is InChI=1S/C18H29NO/c1-3-6-15-9-11-17(12-10-15)19-14-13-16-7-4-5-8-18(16)20-2/h4-5,7-8,15,17,19H,3,6,9-14H2,1-2H3. The molecule has 1 aliphatic rings. The Morgan fingerprint density at radius 2 is 1.90 bits per heavy atom. The number of hydrogen-bond acceptors (Lipinski definition) is 2. The van der Waals surface area contributed by atoms with Crippen LogP contribution in [0.4, 0.5) is 0 Å². The number of ether oxygens (including phenoxy) is 1. The van der Waals surface area contributed by atoms with Gasteiger partial charge in [0.1, 0.15) is 5.75 Å². The van der Waals surface area contributed by atoms with Gasteiger partial charge in [0.15, 0.2) is 0 Å². The van der Waals surface area contributed by atoms with Gasteiger partial charge in [-0.2, -0.15) is 0 Å². The molecule has 0 bridgehead atoms. The van der Waals surface area contributed by atoms with Crippen molar-refractivity contribution in [1.82, 2.24) is 5.32 Å². The molecule has 0 aromatic heterocycles. The van der Waals surface area contributed by atoms with E-state index in [0.717, 1.165) is 30.7 Å². The van der Waals surface area contributed by atoms with Crippen molar-refractivity contribution in [3.05, 3.63) is 29.8 Å². The third-order valence-electron chi connectivity index (χ3n) is 4.56. The lowest BCUT2D eigenvalue weighted by Crippen LogP contribution is -2.34. The Labute approximate surface area is 123 Å². The minimum Gasteiger partial charge on any atom is -0.496 e. The molecular formula is C18H29NO. The van der Waals surface area contributed by atoms with Crippen molar-refractivity contribution in [2.24, 2.45) is 5.92 Å². The summed E-state index contributed by atoms with van der Waals surface area (Å²) in [5.41, 5.74) is 1.31. The highest BCUT2D eigenvalue weighted by Gasteiger charge is 2.19. The highest BCUT2D eigenvalue weighted by atomic mass is 16.5. The summed E-state index contributed by atoms with van der Waals surface area (Å²) in [5.74, 6) is 2.01. The smallest absolute Gasteiger partial charge is 0.122 e. The van der Waals surface area contributed by atoms with Crippen LogP contribution in [0.1, 0.15) is 51.0 Å². The number of hydrogen-bond donors (Lipinski definition) is 1. The topological polar surface area (TPSA) is 21.3 Å². The maximum atomic E-state index is 5.40. The number of nitrogens with one attached hydrogen (secondary N) is 1. The van der Waals surface area contributed by atoms with Crippen molar-refractivity contribution in [3.8, 4) is 5.75 Å². The van der Waals surface area contributed by atoms with E-state index in [2.05, 4.69) is 24.4 Å². The lowest BCUT2D eigenvalue weighted by atomic mass is 9.83. The summed E-state index contributed by atoms with van der Waals surface area (Å²) < 4.78 is 5.40. The molecule has 0 amide bonds. The molecule has 1 aliphatic carbocycles. The first-order chi connectivity index (χ1) is 9.83. The largest absolute Gasteiger partial charge is 0.496 e. The first-order valence-corrected chi connectivity index (χ1v) is 8.18. The van der Waals surface area contributed by atoms with Gasteiger partial charge in [0.25, 0.3) is 0 Å². The Morgan fingerprint density at radius 1 is 1.15 bits per heavy atom. The zero-order valence-corrected chi connectivity index (χ0v) is 13.0. The quantitative estimate of drug-likeness (QED) is 0.806. The zero-order valence-electron chi connectivity index (χ0n) is 13.0. The van der Waals surface area contributed by atoms with Crippen LogP contribution in [0.5, 0.6) is 5.75 Å². The second kappa shape index (κ2) is 8.31. The second-order valence-corrected chi connectivity index (χ2v) is 6.02.